The van der Waals surface area contributed by atoms with Gasteiger partial charge in [-0.1, -0.05) is 26.0 Å². The molecule has 0 aliphatic rings. The van der Waals surface area contributed by atoms with Crippen LogP contribution in [0.2, 0.25) is 0 Å². The Kier molecular flexibility index (Phi) is 5.31. The van der Waals surface area contributed by atoms with Gasteiger partial charge in [-0.3, -0.25) is 0 Å². The molecule has 1 unspecified atom stereocenters. The summed E-state index contributed by atoms with van der Waals surface area (Å²) in [7, 11) is 0. The first-order valence-electron chi connectivity index (χ1n) is 5.53. The lowest BCUT2D eigenvalue weighted by atomic mass is 10.1. The van der Waals surface area contributed by atoms with Crippen LogP contribution < -0.4 is 15.8 Å². The monoisotopic (exact) mass is 244 g/mol. The third kappa shape index (κ3) is 4.66. The molecule has 0 saturated heterocycles. The first kappa shape index (κ1) is 13.9. The second kappa shape index (κ2) is 6.51. The van der Waals surface area contributed by atoms with E-state index in [1.54, 1.807) is 12.1 Å². The summed E-state index contributed by atoms with van der Waals surface area (Å²) < 4.78 is 28.2. The van der Waals surface area contributed by atoms with E-state index in [-0.39, 0.29) is 11.8 Å². The second-order valence-electron chi connectivity index (χ2n) is 4.06. The van der Waals surface area contributed by atoms with Gasteiger partial charge in [-0.25, -0.2) is 0 Å². The molecule has 0 aromatic heterocycles. The van der Waals surface area contributed by atoms with Gasteiger partial charge in [-0.05, 0) is 17.7 Å². The van der Waals surface area contributed by atoms with Crippen LogP contribution in [0, 0.1) is 0 Å². The minimum absolute atomic E-state index is 0.0237. The van der Waals surface area contributed by atoms with Gasteiger partial charge < -0.3 is 15.8 Å². The number of alkyl halides is 2. The molecule has 1 rings (SSSR count). The largest absolute Gasteiger partial charge is 0.435 e. The molecule has 0 amide bonds. The lowest BCUT2D eigenvalue weighted by Gasteiger charge is -2.20. The summed E-state index contributed by atoms with van der Waals surface area (Å²) in [6.45, 7) is 1.71. The van der Waals surface area contributed by atoms with Gasteiger partial charge in [0.2, 0.25) is 0 Å². The summed E-state index contributed by atoms with van der Waals surface area (Å²) in [4.78, 5) is 0. The van der Waals surface area contributed by atoms with Gasteiger partial charge in [0.15, 0.2) is 0 Å². The fourth-order valence-electron chi connectivity index (χ4n) is 1.58. The third-order valence-corrected chi connectivity index (χ3v) is 2.28. The van der Waals surface area contributed by atoms with Crippen molar-refractivity contribution in [2.45, 2.75) is 32.5 Å². The van der Waals surface area contributed by atoms with Gasteiger partial charge in [-0.15, -0.1) is 0 Å². The van der Waals surface area contributed by atoms with E-state index in [1.165, 1.54) is 12.1 Å². The van der Waals surface area contributed by atoms with E-state index in [9.17, 15) is 8.78 Å². The molecule has 0 heterocycles. The lowest BCUT2D eigenvalue weighted by Crippen LogP contribution is -2.33. The summed E-state index contributed by atoms with van der Waals surface area (Å²) in [6.07, 6.45) is 0. The standard InChI is InChI=1S/C12H18F2N2O/c1-8(2)16-11(7-15)9-3-5-10(6-4-9)17-12(13)14/h3-6,8,11-12,16H,7,15H2,1-2H3. The number of rotatable bonds is 6. The average molecular weight is 244 g/mol. The lowest BCUT2D eigenvalue weighted by molar-refractivity contribution is -0.0498. The molecule has 0 saturated carbocycles. The van der Waals surface area contributed by atoms with E-state index in [1.807, 2.05) is 13.8 Å². The van der Waals surface area contributed by atoms with Crippen LogP contribution in [-0.4, -0.2) is 19.2 Å². The molecule has 1 atom stereocenters. The van der Waals surface area contributed by atoms with E-state index in [2.05, 4.69) is 10.1 Å². The van der Waals surface area contributed by atoms with E-state index in [0.29, 0.717) is 12.6 Å². The van der Waals surface area contributed by atoms with E-state index in [0.717, 1.165) is 5.56 Å². The summed E-state index contributed by atoms with van der Waals surface area (Å²) in [5.74, 6) is 0.157. The van der Waals surface area contributed by atoms with Crippen LogP contribution in [0.15, 0.2) is 24.3 Å². The fourth-order valence-corrected chi connectivity index (χ4v) is 1.58. The number of benzene rings is 1. The number of halogens is 2. The Morgan fingerprint density at radius 3 is 2.24 bits per heavy atom. The molecule has 96 valence electrons. The van der Waals surface area contributed by atoms with Gasteiger partial charge in [0.1, 0.15) is 5.75 Å². The highest BCUT2D eigenvalue weighted by molar-refractivity contribution is 5.29. The third-order valence-electron chi connectivity index (χ3n) is 2.28. The van der Waals surface area contributed by atoms with Crippen molar-refractivity contribution in [2.24, 2.45) is 5.73 Å². The molecule has 0 radical (unpaired) electrons. The predicted octanol–water partition coefficient (Wildman–Crippen LogP) is 2.29. The molecule has 0 spiro atoms. The van der Waals surface area contributed by atoms with E-state index < -0.39 is 6.61 Å². The molecule has 3 N–H and O–H groups in total. The summed E-state index contributed by atoms with van der Waals surface area (Å²) in [5, 5.41) is 3.29. The molecular formula is C12H18F2N2O. The SMILES string of the molecule is CC(C)NC(CN)c1ccc(OC(F)F)cc1. The quantitative estimate of drug-likeness (QED) is 0.807. The molecule has 5 heteroatoms. The first-order valence-corrected chi connectivity index (χ1v) is 5.53. The van der Waals surface area contributed by atoms with Crippen LogP contribution in [0.4, 0.5) is 8.78 Å². The van der Waals surface area contributed by atoms with Gasteiger partial charge in [-0.2, -0.15) is 8.78 Å². The van der Waals surface area contributed by atoms with Gasteiger partial charge in [0, 0.05) is 18.6 Å². The molecule has 1 aromatic rings. The van der Waals surface area contributed by atoms with Crippen molar-refractivity contribution >= 4 is 0 Å². The minimum atomic E-state index is -2.79. The zero-order chi connectivity index (χ0) is 12.8. The van der Waals surface area contributed by atoms with Crippen LogP contribution in [0.25, 0.3) is 0 Å². The minimum Gasteiger partial charge on any atom is -0.435 e. The number of hydrogen-bond donors (Lipinski definition) is 2. The fraction of sp³-hybridized carbons (Fsp3) is 0.500. The zero-order valence-corrected chi connectivity index (χ0v) is 9.99. The highest BCUT2D eigenvalue weighted by Crippen LogP contribution is 2.19. The first-order chi connectivity index (χ1) is 8.02. The summed E-state index contributed by atoms with van der Waals surface area (Å²) in [6, 6.07) is 6.85. The molecule has 17 heavy (non-hydrogen) atoms. The van der Waals surface area contributed by atoms with Crippen molar-refractivity contribution in [1.29, 1.82) is 0 Å². The highest BCUT2D eigenvalue weighted by Gasteiger charge is 2.11. The molecule has 3 nitrogen and oxygen atoms in total. The number of nitrogens with two attached hydrogens (primary N) is 1. The summed E-state index contributed by atoms with van der Waals surface area (Å²) >= 11 is 0. The molecule has 0 aliphatic heterocycles. The van der Waals surface area contributed by atoms with Crippen molar-refractivity contribution in [3.05, 3.63) is 29.8 Å². The number of ether oxygens (including phenoxy) is 1. The molecule has 1 aromatic carbocycles. The van der Waals surface area contributed by atoms with Crippen molar-refractivity contribution in [2.75, 3.05) is 6.54 Å². The Balaban J connectivity index is 2.70. The van der Waals surface area contributed by atoms with E-state index >= 15 is 0 Å². The zero-order valence-electron chi connectivity index (χ0n) is 9.99. The van der Waals surface area contributed by atoms with Crippen LogP contribution in [-0.2, 0) is 0 Å². The van der Waals surface area contributed by atoms with Crippen molar-refractivity contribution in [1.82, 2.24) is 5.32 Å². The second-order valence-corrected chi connectivity index (χ2v) is 4.06. The molecular weight excluding hydrogens is 226 g/mol. The van der Waals surface area contributed by atoms with Gasteiger partial charge in [0.25, 0.3) is 0 Å². The Hall–Kier alpha value is -1.20. The highest BCUT2D eigenvalue weighted by atomic mass is 19.3. The topological polar surface area (TPSA) is 47.3 Å². The van der Waals surface area contributed by atoms with Crippen LogP contribution in [0.1, 0.15) is 25.5 Å². The molecule has 0 fully saturated rings. The van der Waals surface area contributed by atoms with Crippen LogP contribution in [0.5, 0.6) is 5.75 Å². The molecule has 0 bridgehead atoms. The summed E-state index contributed by atoms with van der Waals surface area (Å²) in [5.41, 5.74) is 6.62. The maximum absolute atomic E-state index is 12.0. The maximum atomic E-state index is 12.0. The normalized spacial score (nSPS) is 13.1. The van der Waals surface area contributed by atoms with Crippen molar-refractivity contribution < 1.29 is 13.5 Å². The van der Waals surface area contributed by atoms with E-state index in [4.69, 9.17) is 5.73 Å². The van der Waals surface area contributed by atoms with Crippen LogP contribution >= 0.6 is 0 Å². The average Bonchev–Trinajstić information content (AvgIpc) is 2.26. The Bertz CT molecular complexity index is 328. The van der Waals surface area contributed by atoms with Gasteiger partial charge in [0.05, 0.1) is 0 Å². The Morgan fingerprint density at radius 2 is 1.82 bits per heavy atom. The molecule has 0 aliphatic carbocycles. The Morgan fingerprint density at radius 1 is 1.24 bits per heavy atom. The van der Waals surface area contributed by atoms with Crippen molar-refractivity contribution in [3.63, 3.8) is 0 Å². The number of hydrogen-bond acceptors (Lipinski definition) is 3. The van der Waals surface area contributed by atoms with Crippen molar-refractivity contribution in [3.8, 4) is 5.75 Å². The van der Waals surface area contributed by atoms with Gasteiger partial charge >= 0.3 is 6.61 Å². The maximum Gasteiger partial charge on any atom is 0.387 e. The predicted molar refractivity (Wildman–Crippen MR) is 63.1 cm³/mol. The number of nitrogens with one attached hydrogen (secondary N) is 1. The Labute approximate surface area is 100.0 Å². The van der Waals surface area contributed by atoms with Crippen LogP contribution in [0.3, 0.4) is 0 Å². The smallest absolute Gasteiger partial charge is 0.387 e.